The molecular formula is C9H17N3. The van der Waals surface area contributed by atoms with E-state index in [9.17, 15) is 0 Å². The van der Waals surface area contributed by atoms with Gasteiger partial charge in [0, 0.05) is 24.5 Å². The molecule has 0 radical (unpaired) electrons. The lowest BCUT2D eigenvalue weighted by Gasteiger charge is -2.20. The fourth-order valence-electron chi connectivity index (χ4n) is 1.37. The van der Waals surface area contributed by atoms with E-state index in [2.05, 4.69) is 23.4 Å². The van der Waals surface area contributed by atoms with Gasteiger partial charge in [-0.3, -0.25) is 0 Å². The quantitative estimate of drug-likeness (QED) is 0.741. The van der Waals surface area contributed by atoms with E-state index >= 15 is 0 Å². The molecule has 0 saturated carbocycles. The molecule has 0 aliphatic carbocycles. The largest absolute Gasteiger partial charge is 0.331 e. The van der Waals surface area contributed by atoms with Crippen molar-refractivity contribution in [3.05, 3.63) is 18.2 Å². The number of nitrogens with two attached hydrogens (primary N) is 1. The Bertz CT molecular complexity index is 242. The number of imidazole rings is 1. The van der Waals surface area contributed by atoms with Gasteiger partial charge in [-0.25, -0.2) is 4.98 Å². The highest BCUT2D eigenvalue weighted by atomic mass is 15.1. The third kappa shape index (κ3) is 1.67. The summed E-state index contributed by atoms with van der Waals surface area (Å²) >= 11 is 0. The van der Waals surface area contributed by atoms with Crippen LogP contribution in [0.1, 0.15) is 32.1 Å². The monoisotopic (exact) mass is 167 g/mol. The van der Waals surface area contributed by atoms with E-state index in [0.717, 1.165) is 12.2 Å². The molecule has 1 heterocycles. The second-order valence-corrected chi connectivity index (χ2v) is 3.19. The highest BCUT2D eigenvalue weighted by Crippen LogP contribution is 2.13. The Morgan fingerprint density at radius 3 is 2.75 bits per heavy atom. The zero-order valence-electron chi connectivity index (χ0n) is 7.99. The van der Waals surface area contributed by atoms with E-state index in [-0.39, 0.29) is 6.04 Å². The Labute approximate surface area is 73.6 Å². The van der Waals surface area contributed by atoms with Crippen molar-refractivity contribution in [2.45, 2.75) is 39.3 Å². The average Bonchev–Trinajstić information content (AvgIpc) is 2.48. The molecular weight excluding hydrogens is 150 g/mol. The molecule has 3 nitrogen and oxygen atoms in total. The van der Waals surface area contributed by atoms with E-state index < -0.39 is 0 Å². The molecule has 2 N–H and O–H groups in total. The molecule has 2 atom stereocenters. The summed E-state index contributed by atoms with van der Waals surface area (Å²) in [6, 6.07) is 0.565. The van der Waals surface area contributed by atoms with Crippen LogP contribution in [0.4, 0.5) is 0 Å². The maximum atomic E-state index is 5.93. The number of rotatable bonds is 3. The van der Waals surface area contributed by atoms with Crippen molar-refractivity contribution in [3.63, 3.8) is 0 Å². The lowest BCUT2D eigenvalue weighted by atomic mass is 10.1. The van der Waals surface area contributed by atoms with Crippen LogP contribution in [0.5, 0.6) is 0 Å². The molecule has 0 spiro atoms. The summed E-state index contributed by atoms with van der Waals surface area (Å²) in [6.07, 6.45) is 4.79. The van der Waals surface area contributed by atoms with Crippen LogP contribution in [0.25, 0.3) is 0 Å². The minimum absolute atomic E-state index is 0.220. The molecule has 3 heteroatoms. The Morgan fingerprint density at radius 1 is 1.67 bits per heavy atom. The molecule has 0 saturated heterocycles. The fraction of sp³-hybridized carbons (Fsp3) is 0.667. The van der Waals surface area contributed by atoms with Gasteiger partial charge < -0.3 is 10.3 Å². The standard InChI is InChI=1S/C9H17N3/c1-4-9(10)7(2)12-6-5-11-8(12)3/h5-7,9H,4,10H2,1-3H3. The van der Waals surface area contributed by atoms with Crippen molar-refractivity contribution in [1.29, 1.82) is 0 Å². The normalized spacial score (nSPS) is 16.0. The molecule has 0 aliphatic heterocycles. The van der Waals surface area contributed by atoms with Crippen LogP contribution >= 0.6 is 0 Å². The van der Waals surface area contributed by atoms with Crippen LogP contribution in [0, 0.1) is 6.92 Å². The van der Waals surface area contributed by atoms with Crippen LogP contribution in [0.2, 0.25) is 0 Å². The first-order chi connectivity index (χ1) is 5.66. The first-order valence-corrected chi connectivity index (χ1v) is 4.41. The third-order valence-corrected chi connectivity index (χ3v) is 2.39. The van der Waals surface area contributed by atoms with Gasteiger partial charge in [0.05, 0.1) is 0 Å². The zero-order chi connectivity index (χ0) is 9.14. The van der Waals surface area contributed by atoms with Crippen LogP contribution in [-0.4, -0.2) is 15.6 Å². The Kier molecular flexibility index (Phi) is 2.87. The maximum absolute atomic E-state index is 5.93. The summed E-state index contributed by atoms with van der Waals surface area (Å²) in [5.41, 5.74) is 5.93. The van der Waals surface area contributed by atoms with E-state index in [0.29, 0.717) is 6.04 Å². The van der Waals surface area contributed by atoms with Crippen molar-refractivity contribution in [3.8, 4) is 0 Å². The molecule has 1 aromatic rings. The van der Waals surface area contributed by atoms with Gasteiger partial charge in [0.1, 0.15) is 5.82 Å². The third-order valence-electron chi connectivity index (χ3n) is 2.39. The van der Waals surface area contributed by atoms with Gasteiger partial charge in [0.2, 0.25) is 0 Å². The second-order valence-electron chi connectivity index (χ2n) is 3.19. The second kappa shape index (κ2) is 3.72. The molecule has 2 unspecified atom stereocenters. The van der Waals surface area contributed by atoms with E-state index in [1.165, 1.54) is 0 Å². The number of nitrogens with zero attached hydrogens (tertiary/aromatic N) is 2. The number of hydrogen-bond donors (Lipinski definition) is 1. The van der Waals surface area contributed by atoms with Crippen LogP contribution in [0.15, 0.2) is 12.4 Å². The predicted octanol–water partition coefficient (Wildman–Crippen LogP) is 1.49. The molecule has 0 amide bonds. The minimum atomic E-state index is 0.220. The molecule has 1 rings (SSSR count). The van der Waals surface area contributed by atoms with Crippen molar-refractivity contribution in [1.82, 2.24) is 9.55 Å². The molecule has 1 aromatic heterocycles. The minimum Gasteiger partial charge on any atom is -0.331 e. The maximum Gasteiger partial charge on any atom is 0.105 e. The topological polar surface area (TPSA) is 43.8 Å². The highest BCUT2D eigenvalue weighted by molar-refractivity contribution is 4.93. The smallest absolute Gasteiger partial charge is 0.105 e. The average molecular weight is 167 g/mol. The van der Waals surface area contributed by atoms with Gasteiger partial charge in [-0.2, -0.15) is 0 Å². The molecule has 68 valence electrons. The number of hydrogen-bond acceptors (Lipinski definition) is 2. The van der Waals surface area contributed by atoms with Crippen molar-refractivity contribution in [2.75, 3.05) is 0 Å². The van der Waals surface area contributed by atoms with Crippen LogP contribution in [0.3, 0.4) is 0 Å². The van der Waals surface area contributed by atoms with Gasteiger partial charge in [-0.1, -0.05) is 6.92 Å². The molecule has 0 bridgehead atoms. The summed E-state index contributed by atoms with van der Waals surface area (Å²) in [4.78, 5) is 4.16. The van der Waals surface area contributed by atoms with E-state index in [4.69, 9.17) is 5.73 Å². The lowest BCUT2D eigenvalue weighted by molar-refractivity contribution is 0.424. The lowest BCUT2D eigenvalue weighted by Crippen LogP contribution is -2.29. The Hall–Kier alpha value is -0.830. The van der Waals surface area contributed by atoms with Crippen molar-refractivity contribution < 1.29 is 0 Å². The summed E-state index contributed by atoms with van der Waals surface area (Å²) in [7, 11) is 0. The van der Waals surface area contributed by atoms with Gasteiger partial charge in [0.25, 0.3) is 0 Å². The van der Waals surface area contributed by atoms with Crippen molar-refractivity contribution >= 4 is 0 Å². The molecule has 0 fully saturated rings. The number of aromatic nitrogens is 2. The van der Waals surface area contributed by atoms with Gasteiger partial charge >= 0.3 is 0 Å². The summed E-state index contributed by atoms with van der Waals surface area (Å²) in [5, 5.41) is 0. The van der Waals surface area contributed by atoms with Gasteiger partial charge in [-0.15, -0.1) is 0 Å². The molecule has 0 aromatic carbocycles. The highest BCUT2D eigenvalue weighted by Gasteiger charge is 2.13. The summed E-state index contributed by atoms with van der Waals surface area (Å²) < 4.78 is 2.12. The predicted molar refractivity (Wildman–Crippen MR) is 49.9 cm³/mol. The Balaban J connectivity index is 2.77. The van der Waals surface area contributed by atoms with E-state index in [1.807, 2.05) is 19.3 Å². The Morgan fingerprint density at radius 2 is 2.33 bits per heavy atom. The fourth-order valence-corrected chi connectivity index (χ4v) is 1.37. The van der Waals surface area contributed by atoms with Crippen molar-refractivity contribution in [2.24, 2.45) is 5.73 Å². The molecule has 12 heavy (non-hydrogen) atoms. The van der Waals surface area contributed by atoms with E-state index in [1.54, 1.807) is 0 Å². The zero-order valence-corrected chi connectivity index (χ0v) is 7.99. The molecule has 0 aliphatic rings. The first kappa shape index (κ1) is 9.26. The summed E-state index contributed by atoms with van der Waals surface area (Å²) in [5.74, 6) is 1.03. The van der Waals surface area contributed by atoms with Crippen LogP contribution in [-0.2, 0) is 0 Å². The summed E-state index contributed by atoms with van der Waals surface area (Å²) in [6.45, 7) is 6.23. The number of aryl methyl sites for hydroxylation is 1. The first-order valence-electron chi connectivity index (χ1n) is 4.41. The SMILES string of the molecule is CCC(N)C(C)n1ccnc1C. The van der Waals surface area contributed by atoms with Gasteiger partial charge in [0.15, 0.2) is 0 Å². The van der Waals surface area contributed by atoms with Gasteiger partial charge in [-0.05, 0) is 20.3 Å². The van der Waals surface area contributed by atoms with Crippen LogP contribution < -0.4 is 5.73 Å².